The average Bonchev–Trinajstić information content (AvgIpc) is 2.72. The quantitative estimate of drug-likeness (QED) is 0.898. The zero-order chi connectivity index (χ0) is 12.5. The lowest BCUT2D eigenvalue weighted by molar-refractivity contribution is 0.197. The van der Waals surface area contributed by atoms with Gasteiger partial charge in [-0.2, -0.15) is 0 Å². The van der Waals surface area contributed by atoms with Crippen LogP contribution in [-0.2, 0) is 6.54 Å². The van der Waals surface area contributed by atoms with E-state index < -0.39 is 0 Å². The number of nitrogens with one attached hydrogen (secondary N) is 1. The van der Waals surface area contributed by atoms with Crippen molar-refractivity contribution >= 4 is 17.2 Å². The molecule has 0 unspecified atom stereocenters. The number of imidazole rings is 1. The highest BCUT2D eigenvalue weighted by atomic mass is 35.5. The molecule has 1 aliphatic rings. The van der Waals surface area contributed by atoms with Crippen molar-refractivity contribution in [1.82, 2.24) is 19.6 Å². The van der Waals surface area contributed by atoms with E-state index in [0.29, 0.717) is 6.04 Å². The van der Waals surface area contributed by atoms with Crippen molar-refractivity contribution in [3.8, 4) is 0 Å². The SMILES string of the molecule is C[C@@H]1CN(Cc2cnc3ccc(Cl)cn23)CCN1. The van der Waals surface area contributed by atoms with Gasteiger partial charge >= 0.3 is 0 Å². The summed E-state index contributed by atoms with van der Waals surface area (Å²) in [6, 6.07) is 4.38. The van der Waals surface area contributed by atoms with Crippen molar-refractivity contribution in [3.63, 3.8) is 0 Å². The molecule has 5 heteroatoms. The summed E-state index contributed by atoms with van der Waals surface area (Å²) in [5.74, 6) is 0. The van der Waals surface area contributed by atoms with E-state index in [1.165, 1.54) is 5.69 Å². The molecule has 2 aromatic rings. The number of pyridine rings is 1. The minimum atomic E-state index is 0.557. The van der Waals surface area contributed by atoms with Gasteiger partial charge in [-0.3, -0.25) is 4.90 Å². The summed E-state index contributed by atoms with van der Waals surface area (Å²) in [7, 11) is 0. The van der Waals surface area contributed by atoms with Gasteiger partial charge in [0.2, 0.25) is 0 Å². The predicted octanol–water partition coefficient (Wildman–Crippen LogP) is 1.78. The number of fused-ring (bicyclic) bond motifs is 1. The molecule has 0 amide bonds. The van der Waals surface area contributed by atoms with E-state index in [1.54, 1.807) is 0 Å². The molecule has 0 radical (unpaired) electrons. The monoisotopic (exact) mass is 264 g/mol. The summed E-state index contributed by atoms with van der Waals surface area (Å²) in [4.78, 5) is 6.86. The normalized spacial score (nSPS) is 21.6. The third kappa shape index (κ3) is 2.36. The Bertz CT molecular complexity index is 551. The summed E-state index contributed by atoms with van der Waals surface area (Å²) >= 11 is 6.04. The molecule has 1 aliphatic heterocycles. The van der Waals surface area contributed by atoms with Crippen molar-refractivity contribution in [2.24, 2.45) is 0 Å². The van der Waals surface area contributed by atoms with Gasteiger partial charge in [-0.15, -0.1) is 0 Å². The lowest BCUT2D eigenvalue weighted by atomic mass is 10.2. The Labute approximate surface area is 112 Å². The molecular formula is C13H17ClN4. The van der Waals surface area contributed by atoms with E-state index in [0.717, 1.165) is 36.8 Å². The maximum absolute atomic E-state index is 6.04. The fourth-order valence-electron chi connectivity index (χ4n) is 2.51. The van der Waals surface area contributed by atoms with Crippen molar-refractivity contribution < 1.29 is 0 Å². The Kier molecular flexibility index (Phi) is 3.24. The van der Waals surface area contributed by atoms with Crippen LogP contribution in [0.4, 0.5) is 0 Å². The van der Waals surface area contributed by atoms with Gasteiger partial charge < -0.3 is 9.72 Å². The van der Waals surface area contributed by atoms with Crippen molar-refractivity contribution in [2.75, 3.05) is 19.6 Å². The van der Waals surface area contributed by atoms with Gasteiger partial charge in [0.05, 0.1) is 16.9 Å². The van der Waals surface area contributed by atoms with Crippen LogP contribution in [0.25, 0.3) is 5.65 Å². The zero-order valence-corrected chi connectivity index (χ0v) is 11.2. The van der Waals surface area contributed by atoms with Crippen LogP contribution in [-0.4, -0.2) is 40.0 Å². The summed E-state index contributed by atoms with van der Waals surface area (Å²) in [5.41, 5.74) is 2.15. The zero-order valence-electron chi connectivity index (χ0n) is 10.4. The number of aromatic nitrogens is 2. The Balaban J connectivity index is 1.83. The number of rotatable bonds is 2. The summed E-state index contributed by atoms with van der Waals surface area (Å²) in [6.07, 6.45) is 3.88. The molecule has 0 saturated carbocycles. The molecule has 0 aromatic carbocycles. The maximum Gasteiger partial charge on any atom is 0.137 e. The Hall–Kier alpha value is -1.10. The molecule has 0 spiro atoms. The highest BCUT2D eigenvalue weighted by Gasteiger charge is 2.16. The minimum absolute atomic E-state index is 0.557. The van der Waals surface area contributed by atoms with Crippen LogP contribution in [0.3, 0.4) is 0 Å². The van der Waals surface area contributed by atoms with Crippen LogP contribution in [0.1, 0.15) is 12.6 Å². The summed E-state index contributed by atoms with van der Waals surface area (Å²) in [6.45, 7) is 6.36. The van der Waals surface area contributed by atoms with Gasteiger partial charge in [0, 0.05) is 38.4 Å². The van der Waals surface area contributed by atoms with Crippen LogP contribution in [0, 0.1) is 0 Å². The van der Waals surface area contributed by atoms with E-state index in [1.807, 2.05) is 24.5 Å². The number of hydrogen-bond acceptors (Lipinski definition) is 3. The maximum atomic E-state index is 6.04. The number of halogens is 1. The molecule has 1 fully saturated rings. The standard InChI is InChI=1S/C13H17ClN4/c1-10-7-17(5-4-15-10)9-12-6-16-13-3-2-11(14)8-18(12)13/h2-3,6,8,10,15H,4-5,7,9H2,1H3/t10-/m1/s1. The first-order chi connectivity index (χ1) is 8.72. The topological polar surface area (TPSA) is 32.6 Å². The fourth-order valence-corrected chi connectivity index (χ4v) is 2.67. The largest absolute Gasteiger partial charge is 0.312 e. The first kappa shape index (κ1) is 12.0. The lowest BCUT2D eigenvalue weighted by Crippen LogP contribution is -2.48. The van der Waals surface area contributed by atoms with Crippen LogP contribution in [0.15, 0.2) is 24.5 Å². The molecule has 1 atom stereocenters. The molecule has 3 heterocycles. The third-order valence-electron chi connectivity index (χ3n) is 3.38. The Morgan fingerprint density at radius 1 is 1.50 bits per heavy atom. The molecule has 1 saturated heterocycles. The van der Waals surface area contributed by atoms with Gasteiger partial charge in [0.1, 0.15) is 5.65 Å². The van der Waals surface area contributed by atoms with Gasteiger partial charge in [0.25, 0.3) is 0 Å². The number of hydrogen-bond donors (Lipinski definition) is 1. The van der Waals surface area contributed by atoms with Crippen molar-refractivity contribution in [3.05, 3.63) is 35.2 Å². The first-order valence-corrected chi connectivity index (χ1v) is 6.67. The van der Waals surface area contributed by atoms with Gasteiger partial charge in [-0.05, 0) is 19.1 Å². The first-order valence-electron chi connectivity index (χ1n) is 6.29. The highest BCUT2D eigenvalue weighted by molar-refractivity contribution is 6.30. The smallest absolute Gasteiger partial charge is 0.137 e. The Morgan fingerprint density at radius 2 is 2.39 bits per heavy atom. The van der Waals surface area contributed by atoms with Crippen LogP contribution in [0.5, 0.6) is 0 Å². The van der Waals surface area contributed by atoms with Crippen molar-refractivity contribution in [1.29, 1.82) is 0 Å². The summed E-state index contributed by atoms with van der Waals surface area (Å²) < 4.78 is 2.08. The molecule has 4 nitrogen and oxygen atoms in total. The second-order valence-electron chi connectivity index (χ2n) is 4.92. The molecule has 2 aromatic heterocycles. The van der Waals surface area contributed by atoms with Gasteiger partial charge in [0.15, 0.2) is 0 Å². The second-order valence-corrected chi connectivity index (χ2v) is 5.35. The third-order valence-corrected chi connectivity index (χ3v) is 3.61. The van der Waals surface area contributed by atoms with Crippen LogP contribution < -0.4 is 5.32 Å². The Morgan fingerprint density at radius 3 is 3.22 bits per heavy atom. The van der Waals surface area contributed by atoms with Crippen LogP contribution >= 0.6 is 11.6 Å². The van der Waals surface area contributed by atoms with Gasteiger partial charge in [-0.25, -0.2) is 4.98 Å². The molecule has 96 valence electrons. The number of nitrogens with zero attached hydrogens (tertiary/aromatic N) is 3. The van der Waals surface area contributed by atoms with E-state index in [4.69, 9.17) is 11.6 Å². The second kappa shape index (κ2) is 4.88. The van der Waals surface area contributed by atoms with E-state index >= 15 is 0 Å². The molecular weight excluding hydrogens is 248 g/mol. The predicted molar refractivity (Wildman–Crippen MR) is 72.9 cm³/mol. The molecule has 0 bridgehead atoms. The number of piperazine rings is 1. The highest BCUT2D eigenvalue weighted by Crippen LogP contribution is 2.15. The lowest BCUT2D eigenvalue weighted by Gasteiger charge is -2.31. The molecule has 0 aliphatic carbocycles. The minimum Gasteiger partial charge on any atom is -0.312 e. The summed E-state index contributed by atoms with van der Waals surface area (Å²) in [5, 5.41) is 4.20. The van der Waals surface area contributed by atoms with Crippen LogP contribution in [0.2, 0.25) is 5.02 Å². The molecule has 1 N–H and O–H groups in total. The van der Waals surface area contributed by atoms with E-state index in [-0.39, 0.29) is 0 Å². The van der Waals surface area contributed by atoms with Crippen molar-refractivity contribution in [2.45, 2.75) is 19.5 Å². The average molecular weight is 265 g/mol. The van der Waals surface area contributed by atoms with E-state index in [9.17, 15) is 0 Å². The van der Waals surface area contributed by atoms with E-state index in [2.05, 4.69) is 26.5 Å². The molecule has 3 rings (SSSR count). The molecule has 18 heavy (non-hydrogen) atoms. The van der Waals surface area contributed by atoms with Gasteiger partial charge in [-0.1, -0.05) is 11.6 Å². The fraction of sp³-hybridized carbons (Fsp3) is 0.462.